The molecule has 0 spiro atoms. The molecule has 1 unspecified atom stereocenters. The fraction of sp³-hybridized carbons (Fsp3) is 0.308. The minimum absolute atomic E-state index is 0.226. The highest BCUT2D eigenvalue weighted by molar-refractivity contribution is 6.34. The molecule has 0 bridgehead atoms. The van der Waals surface area contributed by atoms with Gasteiger partial charge in [0, 0.05) is 11.9 Å². The van der Waals surface area contributed by atoms with Gasteiger partial charge < -0.3 is 14.8 Å². The quantitative estimate of drug-likeness (QED) is 0.895. The van der Waals surface area contributed by atoms with Crippen LogP contribution in [0.4, 0.5) is 0 Å². The topological polar surface area (TPSA) is 62.5 Å². The van der Waals surface area contributed by atoms with Crippen molar-refractivity contribution in [1.82, 2.24) is 5.32 Å². The van der Waals surface area contributed by atoms with Crippen molar-refractivity contribution < 1.29 is 14.3 Å². The molecule has 2 rings (SSSR count). The molecule has 4 nitrogen and oxygen atoms in total. The van der Waals surface area contributed by atoms with Gasteiger partial charge in [-0.3, -0.25) is 4.79 Å². The molecule has 0 aliphatic heterocycles. The van der Waals surface area contributed by atoms with Gasteiger partial charge in [-0.2, -0.15) is 0 Å². The number of rotatable bonds is 4. The van der Waals surface area contributed by atoms with E-state index in [0.29, 0.717) is 23.6 Å². The van der Waals surface area contributed by atoms with Gasteiger partial charge in [-0.15, -0.1) is 0 Å². The second-order valence-electron chi connectivity index (χ2n) is 4.16. The van der Waals surface area contributed by atoms with Crippen molar-refractivity contribution in [3.8, 4) is 0 Å². The van der Waals surface area contributed by atoms with Crippen LogP contribution in [0.1, 0.15) is 23.9 Å². The predicted octanol–water partition coefficient (Wildman–Crippen LogP) is 2.59. The van der Waals surface area contributed by atoms with Gasteiger partial charge in [-0.1, -0.05) is 23.7 Å². The third-order valence-electron chi connectivity index (χ3n) is 2.57. The van der Waals surface area contributed by atoms with E-state index in [0.717, 1.165) is 5.39 Å². The molecule has 0 fully saturated rings. The van der Waals surface area contributed by atoms with E-state index in [9.17, 15) is 4.79 Å². The first kappa shape index (κ1) is 12.9. The number of aliphatic hydroxyl groups excluding tert-OH is 1. The molecule has 5 heteroatoms. The second kappa shape index (κ2) is 5.42. The normalized spacial score (nSPS) is 12.6. The van der Waals surface area contributed by atoms with Crippen LogP contribution in [0.3, 0.4) is 0 Å². The van der Waals surface area contributed by atoms with Crippen LogP contribution in [0, 0.1) is 0 Å². The summed E-state index contributed by atoms with van der Waals surface area (Å²) in [4.78, 5) is 11.8. The van der Waals surface area contributed by atoms with Crippen LogP contribution in [0.25, 0.3) is 11.0 Å². The molecule has 1 aromatic heterocycles. The van der Waals surface area contributed by atoms with Crippen LogP contribution in [0.5, 0.6) is 0 Å². The van der Waals surface area contributed by atoms with Crippen LogP contribution in [0.15, 0.2) is 28.7 Å². The summed E-state index contributed by atoms with van der Waals surface area (Å²) >= 11 is 5.96. The van der Waals surface area contributed by atoms with Gasteiger partial charge in [-0.25, -0.2) is 0 Å². The average Bonchev–Trinajstić information content (AvgIpc) is 2.74. The highest BCUT2D eigenvalue weighted by Gasteiger charge is 2.13. The smallest absolute Gasteiger partial charge is 0.287 e. The third kappa shape index (κ3) is 2.83. The standard InChI is InChI=1S/C13H14ClNO3/c1-8(16)5-6-15-13(17)11-7-9-3-2-4-10(14)12(9)18-11/h2-4,7-8,16H,5-6H2,1H3,(H,15,17). The number of fused-ring (bicyclic) bond motifs is 1. The zero-order valence-electron chi connectivity index (χ0n) is 9.94. The van der Waals surface area contributed by atoms with Crippen LogP contribution >= 0.6 is 11.6 Å². The molecule has 1 aromatic carbocycles. The number of carbonyl (C=O) groups excluding carboxylic acids is 1. The number of carbonyl (C=O) groups is 1. The summed E-state index contributed by atoms with van der Waals surface area (Å²) in [5.74, 6) is -0.0772. The Balaban J connectivity index is 2.11. The van der Waals surface area contributed by atoms with Crippen molar-refractivity contribution in [3.63, 3.8) is 0 Å². The number of hydrogen-bond donors (Lipinski definition) is 2. The maximum Gasteiger partial charge on any atom is 0.287 e. The Morgan fingerprint density at radius 2 is 2.33 bits per heavy atom. The third-order valence-corrected chi connectivity index (χ3v) is 2.87. The summed E-state index contributed by atoms with van der Waals surface area (Å²) in [5.41, 5.74) is 0.514. The van der Waals surface area contributed by atoms with Crippen LogP contribution < -0.4 is 5.32 Å². The Morgan fingerprint density at radius 1 is 1.56 bits per heavy atom. The van der Waals surface area contributed by atoms with Crippen LogP contribution in [0.2, 0.25) is 5.02 Å². The lowest BCUT2D eigenvalue weighted by Gasteiger charge is -2.04. The van der Waals surface area contributed by atoms with Crippen molar-refractivity contribution in [2.45, 2.75) is 19.4 Å². The predicted molar refractivity (Wildman–Crippen MR) is 69.9 cm³/mol. The molecule has 2 aromatic rings. The molecule has 1 heterocycles. The number of amides is 1. The van der Waals surface area contributed by atoms with Gasteiger partial charge in [-0.05, 0) is 25.5 Å². The molecule has 96 valence electrons. The Hall–Kier alpha value is -1.52. The maximum absolute atomic E-state index is 11.8. The summed E-state index contributed by atoms with van der Waals surface area (Å²) in [6.07, 6.45) is 0.0719. The highest BCUT2D eigenvalue weighted by atomic mass is 35.5. The second-order valence-corrected chi connectivity index (χ2v) is 4.57. The van der Waals surface area contributed by atoms with E-state index < -0.39 is 6.10 Å². The lowest BCUT2D eigenvalue weighted by molar-refractivity contribution is 0.0920. The number of benzene rings is 1. The molecular weight excluding hydrogens is 254 g/mol. The van der Waals surface area contributed by atoms with E-state index >= 15 is 0 Å². The molecular formula is C13H14ClNO3. The molecule has 0 radical (unpaired) electrons. The Kier molecular flexibility index (Phi) is 3.89. The monoisotopic (exact) mass is 267 g/mol. The largest absolute Gasteiger partial charge is 0.449 e. The zero-order chi connectivity index (χ0) is 13.1. The lowest BCUT2D eigenvalue weighted by atomic mass is 10.2. The van der Waals surface area contributed by atoms with Gasteiger partial charge in [0.25, 0.3) is 5.91 Å². The summed E-state index contributed by atoms with van der Waals surface area (Å²) in [6, 6.07) is 6.99. The lowest BCUT2D eigenvalue weighted by Crippen LogP contribution is -2.26. The minimum atomic E-state index is -0.435. The van der Waals surface area contributed by atoms with Gasteiger partial charge in [0.2, 0.25) is 0 Å². The van der Waals surface area contributed by atoms with Crippen LogP contribution in [-0.4, -0.2) is 23.7 Å². The van der Waals surface area contributed by atoms with Crippen molar-refractivity contribution >= 4 is 28.5 Å². The van der Waals surface area contributed by atoms with Gasteiger partial charge in [0.05, 0.1) is 11.1 Å². The van der Waals surface area contributed by atoms with Gasteiger partial charge in [0.15, 0.2) is 11.3 Å². The Bertz CT molecular complexity index is 562. The van der Waals surface area contributed by atoms with E-state index in [1.807, 2.05) is 6.07 Å². The number of aliphatic hydroxyl groups is 1. The number of hydrogen-bond acceptors (Lipinski definition) is 3. The average molecular weight is 268 g/mol. The summed E-state index contributed by atoms with van der Waals surface area (Å²) in [5, 5.41) is 13.0. The summed E-state index contributed by atoms with van der Waals surface area (Å²) in [7, 11) is 0. The zero-order valence-corrected chi connectivity index (χ0v) is 10.7. The van der Waals surface area contributed by atoms with Crippen molar-refractivity contribution in [2.24, 2.45) is 0 Å². The van der Waals surface area contributed by atoms with E-state index in [2.05, 4.69) is 5.32 Å². The van der Waals surface area contributed by atoms with Gasteiger partial charge >= 0.3 is 0 Å². The SMILES string of the molecule is CC(O)CCNC(=O)c1cc2cccc(Cl)c2o1. The first-order valence-electron chi connectivity index (χ1n) is 5.72. The molecule has 0 aliphatic carbocycles. The van der Waals surface area contributed by atoms with Crippen molar-refractivity contribution in [3.05, 3.63) is 35.0 Å². The first-order chi connectivity index (χ1) is 8.58. The molecule has 1 amide bonds. The summed E-state index contributed by atoms with van der Waals surface area (Å²) in [6.45, 7) is 2.08. The number of halogens is 1. The summed E-state index contributed by atoms with van der Waals surface area (Å²) < 4.78 is 5.41. The van der Waals surface area contributed by atoms with Crippen LogP contribution in [-0.2, 0) is 0 Å². The molecule has 0 saturated carbocycles. The fourth-order valence-corrected chi connectivity index (χ4v) is 1.84. The van der Waals surface area contributed by atoms with E-state index in [-0.39, 0.29) is 11.7 Å². The number of nitrogens with one attached hydrogen (secondary N) is 1. The Labute approximate surface area is 110 Å². The molecule has 2 N–H and O–H groups in total. The first-order valence-corrected chi connectivity index (χ1v) is 6.10. The Morgan fingerprint density at radius 3 is 3.00 bits per heavy atom. The highest BCUT2D eigenvalue weighted by Crippen LogP contribution is 2.26. The van der Waals surface area contributed by atoms with Gasteiger partial charge in [0.1, 0.15) is 0 Å². The maximum atomic E-state index is 11.8. The molecule has 18 heavy (non-hydrogen) atoms. The number of furan rings is 1. The molecule has 0 aliphatic rings. The van der Waals surface area contributed by atoms with Crippen molar-refractivity contribution in [1.29, 1.82) is 0 Å². The van der Waals surface area contributed by atoms with E-state index in [1.54, 1.807) is 25.1 Å². The van der Waals surface area contributed by atoms with Crippen molar-refractivity contribution in [2.75, 3.05) is 6.54 Å². The van der Waals surface area contributed by atoms with E-state index in [4.69, 9.17) is 21.1 Å². The minimum Gasteiger partial charge on any atom is -0.449 e. The molecule has 0 saturated heterocycles. The van der Waals surface area contributed by atoms with E-state index in [1.165, 1.54) is 0 Å². The molecule has 1 atom stereocenters. The number of para-hydroxylation sites is 1. The fourth-order valence-electron chi connectivity index (χ4n) is 1.62.